The number of rotatable bonds is 2. The van der Waals surface area contributed by atoms with Crippen LogP contribution in [0.2, 0.25) is 0 Å². The second-order valence-electron chi connectivity index (χ2n) is 4.53. The van der Waals surface area contributed by atoms with Crippen molar-refractivity contribution in [3.8, 4) is 5.75 Å². The lowest BCUT2D eigenvalue weighted by atomic mass is 10.0. The highest BCUT2D eigenvalue weighted by atomic mass is 16.5. The zero-order chi connectivity index (χ0) is 10.9. The number of hydrogen-bond donors (Lipinski definition) is 1. The van der Waals surface area contributed by atoms with Crippen molar-refractivity contribution in [1.82, 2.24) is 0 Å². The van der Waals surface area contributed by atoms with E-state index in [4.69, 9.17) is 10.5 Å². The molecule has 0 saturated carbocycles. The smallest absolute Gasteiger partial charge is 0.120 e. The standard InChI is InChI=1S/C12H18N2O/c1-12(13)6-7-14(9-12)10-4-3-5-11(8-10)15-2/h3-5,8H,6-7,9,13H2,1-2H3. The summed E-state index contributed by atoms with van der Waals surface area (Å²) in [6.07, 6.45) is 1.05. The number of methoxy groups -OCH3 is 1. The summed E-state index contributed by atoms with van der Waals surface area (Å²) in [7, 11) is 1.69. The van der Waals surface area contributed by atoms with Gasteiger partial charge in [0.1, 0.15) is 5.75 Å². The Balaban J connectivity index is 2.16. The Morgan fingerprint density at radius 1 is 1.47 bits per heavy atom. The van der Waals surface area contributed by atoms with Crippen LogP contribution >= 0.6 is 0 Å². The highest BCUT2D eigenvalue weighted by molar-refractivity contribution is 5.52. The van der Waals surface area contributed by atoms with Gasteiger partial charge in [-0.1, -0.05) is 6.07 Å². The molecule has 2 N–H and O–H groups in total. The van der Waals surface area contributed by atoms with E-state index >= 15 is 0 Å². The van der Waals surface area contributed by atoms with E-state index in [9.17, 15) is 0 Å². The van der Waals surface area contributed by atoms with Crippen LogP contribution in [-0.4, -0.2) is 25.7 Å². The Kier molecular flexibility index (Phi) is 2.57. The van der Waals surface area contributed by atoms with Crippen molar-refractivity contribution in [2.45, 2.75) is 18.9 Å². The lowest BCUT2D eigenvalue weighted by Crippen LogP contribution is -2.39. The number of anilines is 1. The summed E-state index contributed by atoms with van der Waals surface area (Å²) in [6, 6.07) is 8.13. The normalized spacial score (nSPS) is 25.7. The number of nitrogens with two attached hydrogens (primary N) is 1. The summed E-state index contributed by atoms with van der Waals surface area (Å²) in [4.78, 5) is 2.31. The highest BCUT2D eigenvalue weighted by Crippen LogP contribution is 2.27. The molecule has 0 bridgehead atoms. The summed E-state index contributed by atoms with van der Waals surface area (Å²) in [6.45, 7) is 4.05. The fraction of sp³-hybridized carbons (Fsp3) is 0.500. The van der Waals surface area contributed by atoms with E-state index in [0.29, 0.717) is 0 Å². The molecule has 0 spiro atoms. The number of nitrogens with zero attached hydrogens (tertiary/aromatic N) is 1. The molecule has 1 saturated heterocycles. The van der Waals surface area contributed by atoms with E-state index < -0.39 is 0 Å². The molecule has 1 aliphatic rings. The molecular formula is C12H18N2O. The van der Waals surface area contributed by atoms with Crippen molar-refractivity contribution in [2.24, 2.45) is 5.73 Å². The highest BCUT2D eigenvalue weighted by Gasteiger charge is 2.29. The van der Waals surface area contributed by atoms with Crippen LogP contribution in [0.1, 0.15) is 13.3 Å². The monoisotopic (exact) mass is 206 g/mol. The zero-order valence-electron chi connectivity index (χ0n) is 9.36. The minimum Gasteiger partial charge on any atom is -0.497 e. The van der Waals surface area contributed by atoms with Gasteiger partial charge < -0.3 is 15.4 Å². The molecule has 3 heteroatoms. The molecule has 2 rings (SSSR count). The lowest BCUT2D eigenvalue weighted by Gasteiger charge is -2.21. The minimum atomic E-state index is -0.0525. The maximum absolute atomic E-state index is 6.10. The minimum absolute atomic E-state index is 0.0525. The number of benzene rings is 1. The van der Waals surface area contributed by atoms with E-state index in [1.165, 1.54) is 5.69 Å². The molecule has 1 fully saturated rings. The van der Waals surface area contributed by atoms with Gasteiger partial charge in [-0.15, -0.1) is 0 Å². The molecule has 15 heavy (non-hydrogen) atoms. The fourth-order valence-electron chi connectivity index (χ4n) is 2.01. The third-order valence-electron chi connectivity index (χ3n) is 2.92. The summed E-state index contributed by atoms with van der Waals surface area (Å²) >= 11 is 0. The molecule has 0 radical (unpaired) electrons. The molecular weight excluding hydrogens is 188 g/mol. The largest absolute Gasteiger partial charge is 0.497 e. The topological polar surface area (TPSA) is 38.5 Å². The summed E-state index contributed by atoms with van der Waals surface area (Å²) in [5.41, 5.74) is 7.25. The van der Waals surface area contributed by atoms with Crippen molar-refractivity contribution >= 4 is 5.69 Å². The molecule has 1 aromatic rings. The SMILES string of the molecule is COc1cccc(N2CCC(C)(N)C2)c1. The van der Waals surface area contributed by atoms with E-state index in [-0.39, 0.29) is 5.54 Å². The van der Waals surface area contributed by atoms with Gasteiger partial charge in [0.05, 0.1) is 7.11 Å². The summed E-state index contributed by atoms with van der Waals surface area (Å²) < 4.78 is 5.21. The maximum atomic E-state index is 6.10. The van der Waals surface area contributed by atoms with Crippen LogP contribution in [0.5, 0.6) is 5.75 Å². The molecule has 1 unspecified atom stereocenters. The quantitative estimate of drug-likeness (QED) is 0.799. The molecule has 1 heterocycles. The number of hydrogen-bond acceptors (Lipinski definition) is 3. The maximum Gasteiger partial charge on any atom is 0.120 e. The zero-order valence-corrected chi connectivity index (χ0v) is 9.36. The van der Waals surface area contributed by atoms with Crippen molar-refractivity contribution in [3.63, 3.8) is 0 Å². The number of ether oxygens (including phenoxy) is 1. The van der Waals surface area contributed by atoms with Crippen LogP contribution < -0.4 is 15.4 Å². The predicted octanol–water partition coefficient (Wildman–Crippen LogP) is 1.62. The molecule has 1 atom stereocenters. The molecule has 1 aromatic carbocycles. The van der Waals surface area contributed by atoms with Crippen molar-refractivity contribution in [1.29, 1.82) is 0 Å². The van der Waals surface area contributed by atoms with E-state index in [1.807, 2.05) is 12.1 Å². The Bertz CT molecular complexity index is 349. The van der Waals surface area contributed by atoms with Crippen LogP contribution in [0.4, 0.5) is 5.69 Å². The van der Waals surface area contributed by atoms with Gasteiger partial charge in [-0.25, -0.2) is 0 Å². The fourth-order valence-corrected chi connectivity index (χ4v) is 2.01. The van der Waals surface area contributed by atoms with Gasteiger partial charge in [0.2, 0.25) is 0 Å². The van der Waals surface area contributed by atoms with Gasteiger partial charge in [0, 0.05) is 30.4 Å². The van der Waals surface area contributed by atoms with Gasteiger partial charge >= 0.3 is 0 Å². The summed E-state index contributed by atoms with van der Waals surface area (Å²) in [5, 5.41) is 0. The molecule has 0 amide bonds. The second-order valence-corrected chi connectivity index (χ2v) is 4.53. The first-order valence-corrected chi connectivity index (χ1v) is 5.29. The molecule has 1 aliphatic heterocycles. The third-order valence-corrected chi connectivity index (χ3v) is 2.92. The first-order chi connectivity index (χ1) is 7.11. The van der Waals surface area contributed by atoms with Gasteiger partial charge in [-0.05, 0) is 25.5 Å². The molecule has 0 aliphatic carbocycles. The Morgan fingerprint density at radius 3 is 2.87 bits per heavy atom. The third kappa shape index (κ3) is 2.23. The van der Waals surface area contributed by atoms with Gasteiger partial charge in [-0.2, -0.15) is 0 Å². The Labute approximate surface area is 90.8 Å². The molecule has 82 valence electrons. The first-order valence-electron chi connectivity index (χ1n) is 5.29. The van der Waals surface area contributed by atoms with Crippen LogP contribution in [-0.2, 0) is 0 Å². The first kappa shape index (κ1) is 10.3. The predicted molar refractivity (Wildman–Crippen MR) is 62.4 cm³/mol. The summed E-state index contributed by atoms with van der Waals surface area (Å²) in [5.74, 6) is 0.901. The average molecular weight is 206 g/mol. The second kappa shape index (κ2) is 3.74. The van der Waals surface area contributed by atoms with Crippen LogP contribution in [0.3, 0.4) is 0 Å². The van der Waals surface area contributed by atoms with Crippen LogP contribution in [0.15, 0.2) is 24.3 Å². The van der Waals surface area contributed by atoms with E-state index in [0.717, 1.165) is 25.3 Å². The van der Waals surface area contributed by atoms with Crippen molar-refractivity contribution < 1.29 is 4.74 Å². The van der Waals surface area contributed by atoms with Crippen molar-refractivity contribution in [3.05, 3.63) is 24.3 Å². The average Bonchev–Trinajstić information content (AvgIpc) is 2.59. The Hall–Kier alpha value is -1.22. The van der Waals surface area contributed by atoms with Gasteiger partial charge in [0.15, 0.2) is 0 Å². The van der Waals surface area contributed by atoms with Crippen LogP contribution in [0.25, 0.3) is 0 Å². The lowest BCUT2D eigenvalue weighted by molar-refractivity contribution is 0.415. The van der Waals surface area contributed by atoms with Gasteiger partial charge in [0.25, 0.3) is 0 Å². The van der Waals surface area contributed by atoms with Crippen molar-refractivity contribution in [2.75, 3.05) is 25.1 Å². The van der Waals surface area contributed by atoms with E-state index in [2.05, 4.69) is 24.0 Å². The van der Waals surface area contributed by atoms with E-state index in [1.54, 1.807) is 7.11 Å². The molecule has 0 aromatic heterocycles. The van der Waals surface area contributed by atoms with Crippen LogP contribution in [0, 0.1) is 0 Å². The molecule has 3 nitrogen and oxygen atoms in total. The Morgan fingerprint density at radius 2 is 2.27 bits per heavy atom. The van der Waals surface area contributed by atoms with Gasteiger partial charge in [-0.3, -0.25) is 0 Å².